The summed E-state index contributed by atoms with van der Waals surface area (Å²) in [6.07, 6.45) is 0. The summed E-state index contributed by atoms with van der Waals surface area (Å²) in [5, 5.41) is 12.2. The quantitative estimate of drug-likeness (QED) is 0.234. The molecule has 0 bridgehead atoms. The molecule has 2 amide bonds. The topological polar surface area (TPSA) is 109 Å². The molecule has 184 valence electrons. The highest BCUT2D eigenvalue weighted by Crippen LogP contribution is 2.29. The number of ether oxygens (including phenoxy) is 2. The Morgan fingerprint density at radius 3 is 1.86 bits per heavy atom. The lowest BCUT2D eigenvalue weighted by Crippen LogP contribution is -2.19. The zero-order chi connectivity index (χ0) is 25.5. The van der Waals surface area contributed by atoms with E-state index in [0.717, 1.165) is 11.4 Å². The molecule has 9 heteroatoms. The van der Waals surface area contributed by atoms with Crippen molar-refractivity contribution in [1.82, 2.24) is 9.97 Å². The fourth-order valence-corrected chi connectivity index (χ4v) is 3.45. The van der Waals surface area contributed by atoms with Crippen molar-refractivity contribution < 1.29 is 14.3 Å². The Morgan fingerprint density at radius 2 is 1.28 bits per heavy atom. The maximum Gasteiger partial charge on any atom is 0.323 e. The number of hydrogen-bond donors (Lipinski definition) is 4. The van der Waals surface area contributed by atoms with Crippen molar-refractivity contribution in [2.45, 2.75) is 13.8 Å². The van der Waals surface area contributed by atoms with Crippen LogP contribution in [-0.2, 0) is 0 Å². The molecule has 4 aromatic rings. The van der Waals surface area contributed by atoms with Crippen LogP contribution in [0.3, 0.4) is 0 Å². The molecule has 0 aliphatic carbocycles. The average molecular weight is 485 g/mol. The van der Waals surface area contributed by atoms with Gasteiger partial charge in [0.1, 0.15) is 29.0 Å². The highest BCUT2D eigenvalue weighted by atomic mass is 16.5. The molecule has 1 heterocycles. The van der Waals surface area contributed by atoms with Gasteiger partial charge in [0.25, 0.3) is 0 Å². The first-order valence-corrected chi connectivity index (χ1v) is 11.3. The number of nitrogens with zero attached hydrogens (tertiary/aromatic N) is 2. The number of carbonyl (C=O) groups excluding carboxylic acids is 1. The number of aromatic nitrogens is 2. The lowest BCUT2D eigenvalue weighted by molar-refractivity contribution is 0.262. The zero-order valence-electron chi connectivity index (χ0n) is 20.5. The minimum atomic E-state index is -0.391. The van der Waals surface area contributed by atoms with Crippen molar-refractivity contribution in [2.24, 2.45) is 0 Å². The molecule has 0 saturated heterocycles. The van der Waals surface area contributed by atoms with Crippen LogP contribution < -0.4 is 30.7 Å². The maximum absolute atomic E-state index is 12.5. The van der Waals surface area contributed by atoms with E-state index in [2.05, 4.69) is 31.2 Å². The number of aryl methyl sites for hydroxylation is 2. The van der Waals surface area contributed by atoms with Crippen LogP contribution in [0.1, 0.15) is 11.4 Å². The third-order valence-electron chi connectivity index (χ3n) is 5.23. The lowest BCUT2D eigenvalue weighted by Gasteiger charge is -2.13. The zero-order valence-corrected chi connectivity index (χ0v) is 20.5. The molecule has 0 fully saturated rings. The molecular weight excluding hydrogens is 456 g/mol. The number of amides is 2. The Kier molecular flexibility index (Phi) is 7.50. The summed E-state index contributed by atoms with van der Waals surface area (Å²) in [7, 11) is 3.10. The van der Waals surface area contributed by atoms with E-state index < -0.39 is 6.03 Å². The van der Waals surface area contributed by atoms with Gasteiger partial charge in [-0.25, -0.2) is 14.8 Å². The Labute approximate surface area is 209 Å². The summed E-state index contributed by atoms with van der Waals surface area (Å²) < 4.78 is 10.5. The van der Waals surface area contributed by atoms with Gasteiger partial charge in [0.2, 0.25) is 0 Å². The Morgan fingerprint density at radius 1 is 0.694 bits per heavy atom. The predicted octanol–water partition coefficient (Wildman–Crippen LogP) is 6.24. The van der Waals surface area contributed by atoms with Crippen LogP contribution in [0.4, 0.5) is 39.2 Å². The number of rotatable bonds is 8. The van der Waals surface area contributed by atoms with Crippen molar-refractivity contribution in [3.8, 4) is 11.5 Å². The van der Waals surface area contributed by atoms with E-state index in [-0.39, 0.29) is 0 Å². The highest BCUT2D eigenvalue weighted by molar-refractivity contribution is 6.00. The second-order valence-corrected chi connectivity index (χ2v) is 8.02. The standard InChI is InChI=1S/C27H28N6O3/c1-17-5-7-19(8-6-17)30-25-16-26(29-18(2)28-25)31-20-9-11-21(12-10-20)32-27(34)33-23-14-13-22(35-3)15-24(23)36-4/h5-16H,1-4H3,(H2,32,33,34)(H2,28,29,30,31). The molecule has 0 atom stereocenters. The first-order valence-electron chi connectivity index (χ1n) is 11.3. The predicted molar refractivity (Wildman–Crippen MR) is 143 cm³/mol. The van der Waals surface area contributed by atoms with Gasteiger partial charge in [-0.15, -0.1) is 0 Å². The van der Waals surface area contributed by atoms with Crippen LogP contribution in [0.25, 0.3) is 0 Å². The van der Waals surface area contributed by atoms with Gasteiger partial charge in [-0.3, -0.25) is 0 Å². The molecule has 3 aromatic carbocycles. The van der Waals surface area contributed by atoms with Crippen molar-refractivity contribution in [3.63, 3.8) is 0 Å². The van der Waals surface area contributed by atoms with E-state index in [9.17, 15) is 4.79 Å². The van der Waals surface area contributed by atoms with Gasteiger partial charge in [0, 0.05) is 29.2 Å². The molecule has 4 rings (SSSR count). The van der Waals surface area contributed by atoms with Crippen LogP contribution in [0.15, 0.2) is 72.8 Å². The summed E-state index contributed by atoms with van der Waals surface area (Å²) in [4.78, 5) is 21.4. The number of nitrogens with one attached hydrogen (secondary N) is 4. The van der Waals surface area contributed by atoms with Gasteiger partial charge in [0.05, 0.1) is 19.9 Å². The fraction of sp³-hybridized carbons (Fsp3) is 0.148. The Bertz CT molecular complexity index is 1340. The van der Waals surface area contributed by atoms with Crippen LogP contribution in [0, 0.1) is 13.8 Å². The van der Waals surface area contributed by atoms with E-state index in [1.165, 1.54) is 12.7 Å². The van der Waals surface area contributed by atoms with Gasteiger partial charge in [0.15, 0.2) is 0 Å². The largest absolute Gasteiger partial charge is 0.497 e. The maximum atomic E-state index is 12.5. The Balaban J connectivity index is 1.38. The fourth-order valence-electron chi connectivity index (χ4n) is 3.45. The summed E-state index contributed by atoms with van der Waals surface area (Å²) in [5.41, 5.74) is 4.12. The van der Waals surface area contributed by atoms with Crippen molar-refractivity contribution in [2.75, 3.05) is 35.5 Å². The molecule has 0 unspecified atom stereocenters. The minimum absolute atomic E-state index is 0.391. The molecule has 1 aromatic heterocycles. The average Bonchev–Trinajstić information content (AvgIpc) is 2.86. The number of anilines is 6. The van der Waals surface area contributed by atoms with Gasteiger partial charge in [-0.05, 0) is 62.4 Å². The van der Waals surface area contributed by atoms with Gasteiger partial charge in [-0.2, -0.15) is 0 Å². The van der Waals surface area contributed by atoms with Gasteiger partial charge < -0.3 is 30.7 Å². The number of carbonyl (C=O) groups is 1. The third-order valence-corrected chi connectivity index (χ3v) is 5.23. The first kappa shape index (κ1) is 24.3. The second-order valence-electron chi connectivity index (χ2n) is 8.02. The van der Waals surface area contributed by atoms with E-state index in [0.29, 0.717) is 40.3 Å². The minimum Gasteiger partial charge on any atom is -0.497 e. The molecule has 0 radical (unpaired) electrons. The number of hydrogen-bond acceptors (Lipinski definition) is 7. The summed E-state index contributed by atoms with van der Waals surface area (Å²) in [5.74, 6) is 3.12. The number of methoxy groups -OCH3 is 2. The van der Waals surface area contributed by atoms with Crippen LogP contribution in [0.5, 0.6) is 11.5 Å². The molecule has 0 aliphatic heterocycles. The van der Waals surface area contributed by atoms with Crippen molar-refractivity contribution >= 4 is 40.4 Å². The van der Waals surface area contributed by atoms with Crippen LogP contribution >= 0.6 is 0 Å². The Hall–Kier alpha value is -4.79. The first-order chi connectivity index (χ1) is 17.4. The van der Waals surface area contributed by atoms with Crippen LogP contribution in [-0.4, -0.2) is 30.2 Å². The summed E-state index contributed by atoms with van der Waals surface area (Å²) in [6.45, 7) is 3.89. The van der Waals surface area contributed by atoms with E-state index in [1.54, 1.807) is 37.4 Å². The molecule has 9 nitrogen and oxygen atoms in total. The van der Waals surface area contributed by atoms with Crippen molar-refractivity contribution in [1.29, 1.82) is 0 Å². The monoisotopic (exact) mass is 484 g/mol. The van der Waals surface area contributed by atoms with E-state index in [4.69, 9.17) is 9.47 Å². The van der Waals surface area contributed by atoms with Gasteiger partial charge in [-0.1, -0.05) is 17.7 Å². The SMILES string of the molecule is COc1ccc(NC(=O)Nc2ccc(Nc3cc(Nc4ccc(C)cc4)nc(C)n3)cc2)c(OC)c1. The molecular formula is C27H28N6O3. The molecule has 36 heavy (non-hydrogen) atoms. The van der Waals surface area contributed by atoms with Crippen LogP contribution in [0.2, 0.25) is 0 Å². The third kappa shape index (κ3) is 6.41. The van der Waals surface area contributed by atoms with E-state index >= 15 is 0 Å². The summed E-state index contributed by atoms with van der Waals surface area (Å²) in [6, 6.07) is 22.0. The molecule has 0 aliphatic rings. The number of benzene rings is 3. The molecule has 0 saturated carbocycles. The van der Waals surface area contributed by atoms with Crippen molar-refractivity contribution in [3.05, 3.63) is 84.2 Å². The highest BCUT2D eigenvalue weighted by Gasteiger charge is 2.10. The normalized spacial score (nSPS) is 10.3. The number of urea groups is 1. The summed E-state index contributed by atoms with van der Waals surface area (Å²) >= 11 is 0. The molecule has 0 spiro atoms. The lowest BCUT2D eigenvalue weighted by atomic mass is 10.2. The van der Waals surface area contributed by atoms with E-state index in [1.807, 2.05) is 56.3 Å². The van der Waals surface area contributed by atoms with Gasteiger partial charge >= 0.3 is 6.03 Å². The molecule has 4 N–H and O–H groups in total. The smallest absolute Gasteiger partial charge is 0.323 e. The second kappa shape index (κ2) is 11.1.